The molecule has 1 fully saturated rings. The summed E-state index contributed by atoms with van der Waals surface area (Å²) >= 11 is 1.59. The van der Waals surface area contributed by atoms with Crippen molar-refractivity contribution in [1.82, 2.24) is 10.2 Å². The molecule has 2 amide bonds. The number of carboxylic acids is 1. The van der Waals surface area contributed by atoms with Crippen molar-refractivity contribution in [3.05, 3.63) is 35.9 Å². The number of ether oxygens (including phenoxy) is 1. The number of carbonyl (C=O) groups is 3. The van der Waals surface area contributed by atoms with E-state index in [1.54, 1.807) is 11.8 Å². The molecule has 0 radical (unpaired) electrons. The van der Waals surface area contributed by atoms with Gasteiger partial charge in [-0.25, -0.2) is 4.79 Å². The third-order valence-electron chi connectivity index (χ3n) is 4.11. The van der Waals surface area contributed by atoms with E-state index in [-0.39, 0.29) is 31.4 Å². The van der Waals surface area contributed by atoms with Gasteiger partial charge in [-0.1, -0.05) is 30.3 Å². The van der Waals surface area contributed by atoms with Crippen LogP contribution in [0.1, 0.15) is 12.0 Å². The summed E-state index contributed by atoms with van der Waals surface area (Å²) in [5, 5.41) is 11.9. The van der Waals surface area contributed by atoms with E-state index < -0.39 is 18.1 Å². The molecular formula is C18H24N2O5S. The Kier molecular flexibility index (Phi) is 7.93. The quantitative estimate of drug-likeness (QED) is 0.692. The monoisotopic (exact) mass is 380 g/mol. The molecule has 2 atom stereocenters. The maximum absolute atomic E-state index is 12.8. The molecule has 1 aromatic rings. The Hall–Kier alpha value is -2.06. The van der Waals surface area contributed by atoms with Crippen LogP contribution >= 0.6 is 11.8 Å². The maximum atomic E-state index is 12.8. The predicted octanol–water partition coefficient (Wildman–Crippen LogP) is 0.779. The van der Waals surface area contributed by atoms with Crippen molar-refractivity contribution < 1.29 is 24.2 Å². The molecule has 1 aromatic carbocycles. The molecule has 2 unspecified atom stereocenters. The Balaban J connectivity index is 1.99. The van der Waals surface area contributed by atoms with E-state index in [4.69, 9.17) is 9.84 Å². The lowest BCUT2D eigenvalue weighted by Crippen LogP contribution is -2.55. The highest BCUT2D eigenvalue weighted by Crippen LogP contribution is 2.11. The van der Waals surface area contributed by atoms with Gasteiger partial charge in [-0.3, -0.25) is 9.59 Å². The zero-order valence-corrected chi connectivity index (χ0v) is 15.5. The molecule has 1 aliphatic rings. The topological polar surface area (TPSA) is 95.9 Å². The van der Waals surface area contributed by atoms with Gasteiger partial charge in [-0.05, 0) is 24.0 Å². The summed E-state index contributed by atoms with van der Waals surface area (Å²) < 4.78 is 5.16. The number of hydrogen-bond acceptors (Lipinski definition) is 5. The van der Waals surface area contributed by atoms with Gasteiger partial charge in [0.25, 0.3) is 0 Å². The Labute approximate surface area is 157 Å². The van der Waals surface area contributed by atoms with Crippen molar-refractivity contribution in [2.24, 2.45) is 0 Å². The molecule has 0 bridgehead atoms. The Morgan fingerprint density at radius 1 is 1.35 bits per heavy atom. The second-order valence-electron chi connectivity index (χ2n) is 6.05. The second-order valence-corrected chi connectivity index (χ2v) is 7.03. The minimum atomic E-state index is -1.09. The highest BCUT2D eigenvalue weighted by atomic mass is 32.2. The normalized spacial score (nSPS) is 18.2. The van der Waals surface area contributed by atoms with Crippen LogP contribution in [0.5, 0.6) is 0 Å². The minimum absolute atomic E-state index is 0.00150. The summed E-state index contributed by atoms with van der Waals surface area (Å²) in [6.45, 7) is 0.501. The molecule has 1 aliphatic heterocycles. The van der Waals surface area contributed by atoms with E-state index in [9.17, 15) is 14.4 Å². The molecule has 0 saturated carbocycles. The number of carbonyl (C=O) groups excluding carboxylic acids is 2. The van der Waals surface area contributed by atoms with Crippen LogP contribution in [-0.2, 0) is 25.5 Å². The molecular weight excluding hydrogens is 356 g/mol. The second kappa shape index (κ2) is 10.2. The van der Waals surface area contributed by atoms with Gasteiger partial charge in [0, 0.05) is 6.54 Å². The van der Waals surface area contributed by atoms with Crippen LogP contribution in [0.4, 0.5) is 0 Å². The van der Waals surface area contributed by atoms with Crippen molar-refractivity contribution >= 4 is 29.5 Å². The molecule has 1 heterocycles. The van der Waals surface area contributed by atoms with Crippen LogP contribution in [0.2, 0.25) is 0 Å². The van der Waals surface area contributed by atoms with E-state index in [2.05, 4.69) is 5.32 Å². The summed E-state index contributed by atoms with van der Waals surface area (Å²) in [5.74, 6) is -0.848. The van der Waals surface area contributed by atoms with E-state index in [1.165, 1.54) is 4.90 Å². The number of benzene rings is 1. The van der Waals surface area contributed by atoms with Crippen LogP contribution in [0.15, 0.2) is 30.3 Å². The van der Waals surface area contributed by atoms with Crippen molar-refractivity contribution in [1.29, 1.82) is 0 Å². The van der Waals surface area contributed by atoms with E-state index in [0.29, 0.717) is 18.7 Å². The van der Waals surface area contributed by atoms with Crippen LogP contribution < -0.4 is 5.32 Å². The Morgan fingerprint density at radius 2 is 2.08 bits per heavy atom. The van der Waals surface area contributed by atoms with Crippen LogP contribution in [0.3, 0.4) is 0 Å². The van der Waals surface area contributed by atoms with Crippen molar-refractivity contribution in [3.8, 4) is 0 Å². The number of thioether (sulfide) groups is 1. The van der Waals surface area contributed by atoms with Crippen molar-refractivity contribution in [2.45, 2.75) is 25.0 Å². The van der Waals surface area contributed by atoms with E-state index in [0.717, 1.165) is 5.56 Å². The SMILES string of the molecule is CSCCC(NC(=O)Cc1ccccc1)C(=O)N1CCOC(C(=O)O)C1. The summed E-state index contributed by atoms with van der Waals surface area (Å²) in [4.78, 5) is 37.7. The van der Waals surface area contributed by atoms with Gasteiger partial charge in [0.05, 0.1) is 19.6 Å². The molecule has 1 saturated heterocycles. The maximum Gasteiger partial charge on any atom is 0.334 e. The molecule has 7 nitrogen and oxygen atoms in total. The molecule has 0 spiro atoms. The number of nitrogens with zero attached hydrogens (tertiary/aromatic N) is 1. The molecule has 26 heavy (non-hydrogen) atoms. The third kappa shape index (κ3) is 6.03. The fraction of sp³-hybridized carbons (Fsp3) is 0.500. The zero-order valence-electron chi connectivity index (χ0n) is 14.7. The van der Waals surface area contributed by atoms with Gasteiger partial charge in [-0.15, -0.1) is 0 Å². The number of carboxylic acid groups (broad SMARTS) is 1. The summed E-state index contributed by atoms with van der Waals surface area (Å²) in [5.41, 5.74) is 0.873. The van der Waals surface area contributed by atoms with Gasteiger partial charge < -0.3 is 20.1 Å². The number of hydrogen-bond donors (Lipinski definition) is 2. The first kappa shape index (κ1) is 20.3. The van der Waals surface area contributed by atoms with Crippen LogP contribution in [0.25, 0.3) is 0 Å². The smallest absolute Gasteiger partial charge is 0.334 e. The molecule has 0 aromatic heterocycles. The third-order valence-corrected chi connectivity index (χ3v) is 4.75. The van der Waals surface area contributed by atoms with Gasteiger partial charge >= 0.3 is 5.97 Å². The number of morpholine rings is 1. The lowest BCUT2D eigenvalue weighted by molar-refractivity contribution is -0.160. The van der Waals surface area contributed by atoms with Crippen molar-refractivity contribution in [3.63, 3.8) is 0 Å². The lowest BCUT2D eigenvalue weighted by Gasteiger charge is -2.33. The van der Waals surface area contributed by atoms with E-state index >= 15 is 0 Å². The first-order chi connectivity index (χ1) is 12.5. The predicted molar refractivity (Wildman–Crippen MR) is 99.0 cm³/mol. The van der Waals surface area contributed by atoms with Gasteiger partial charge in [0.15, 0.2) is 6.10 Å². The molecule has 2 N–H and O–H groups in total. The van der Waals surface area contributed by atoms with Crippen LogP contribution in [-0.4, -0.2) is 71.6 Å². The average molecular weight is 380 g/mol. The van der Waals surface area contributed by atoms with Gasteiger partial charge in [0.1, 0.15) is 6.04 Å². The van der Waals surface area contributed by atoms with Gasteiger partial charge in [0.2, 0.25) is 11.8 Å². The fourth-order valence-electron chi connectivity index (χ4n) is 2.74. The zero-order chi connectivity index (χ0) is 18.9. The van der Waals surface area contributed by atoms with Crippen molar-refractivity contribution in [2.75, 3.05) is 31.7 Å². The Morgan fingerprint density at radius 3 is 2.73 bits per heavy atom. The molecule has 2 rings (SSSR count). The highest BCUT2D eigenvalue weighted by molar-refractivity contribution is 7.98. The molecule has 0 aliphatic carbocycles. The summed E-state index contributed by atoms with van der Waals surface area (Å²) in [7, 11) is 0. The molecule has 142 valence electrons. The first-order valence-electron chi connectivity index (χ1n) is 8.46. The highest BCUT2D eigenvalue weighted by Gasteiger charge is 2.32. The largest absolute Gasteiger partial charge is 0.479 e. The standard InChI is InChI=1S/C18H24N2O5S/c1-26-10-7-14(19-16(21)11-13-5-3-2-4-6-13)17(22)20-8-9-25-15(12-20)18(23)24/h2-6,14-15H,7-12H2,1H3,(H,19,21)(H,23,24). The Bertz CT molecular complexity index is 625. The van der Waals surface area contributed by atoms with Gasteiger partial charge in [-0.2, -0.15) is 11.8 Å². The number of amides is 2. The van der Waals surface area contributed by atoms with E-state index in [1.807, 2.05) is 36.6 Å². The summed E-state index contributed by atoms with van der Waals surface area (Å²) in [6.07, 6.45) is 1.61. The average Bonchev–Trinajstić information content (AvgIpc) is 2.65. The fourth-order valence-corrected chi connectivity index (χ4v) is 3.21. The number of nitrogens with one attached hydrogen (secondary N) is 1. The number of aliphatic carboxylic acids is 1. The summed E-state index contributed by atoms with van der Waals surface area (Å²) in [6, 6.07) is 8.66. The lowest BCUT2D eigenvalue weighted by atomic mass is 10.1. The first-order valence-corrected chi connectivity index (χ1v) is 9.86. The van der Waals surface area contributed by atoms with Crippen LogP contribution in [0, 0.1) is 0 Å². The number of rotatable bonds is 8. The minimum Gasteiger partial charge on any atom is -0.479 e. The molecule has 8 heteroatoms.